The van der Waals surface area contributed by atoms with Gasteiger partial charge in [-0.1, -0.05) is 6.07 Å². The molecule has 2 amide bonds. The fraction of sp³-hybridized carbons (Fsp3) is 0.393. The lowest BCUT2D eigenvalue weighted by atomic mass is 10.0. The highest BCUT2D eigenvalue weighted by molar-refractivity contribution is 6.08. The van der Waals surface area contributed by atoms with E-state index in [9.17, 15) is 20.0 Å². The molecule has 0 saturated carbocycles. The molecule has 1 fully saturated rings. The van der Waals surface area contributed by atoms with Crippen molar-refractivity contribution in [1.82, 2.24) is 19.7 Å². The second-order valence-corrected chi connectivity index (χ2v) is 10.8. The number of nitrogens with zero attached hydrogens (tertiary/aromatic N) is 6. The molecule has 2 aromatic heterocycles. The van der Waals surface area contributed by atoms with E-state index in [0.717, 1.165) is 11.3 Å². The van der Waals surface area contributed by atoms with Crippen molar-refractivity contribution in [3.63, 3.8) is 0 Å². The average molecular weight is 533 g/mol. The minimum atomic E-state index is -0.824. The van der Waals surface area contributed by atoms with E-state index < -0.39 is 29.5 Å². The van der Waals surface area contributed by atoms with Crippen LogP contribution in [0.3, 0.4) is 0 Å². The predicted octanol–water partition coefficient (Wildman–Crippen LogP) is 4.19. The molecule has 2 aliphatic heterocycles. The topological polar surface area (TPSA) is 125 Å². The number of halogens is 1. The van der Waals surface area contributed by atoms with Crippen LogP contribution in [0.2, 0.25) is 0 Å². The number of fused-ring (bicyclic) bond motifs is 1. The number of β-amino-alcohol motifs (C(OH)–C–C–N with tert-alkyl or cyclic N) is 1. The number of hydrogen-bond donors (Lipinski definition) is 1. The van der Waals surface area contributed by atoms with Crippen LogP contribution in [-0.4, -0.2) is 61.1 Å². The van der Waals surface area contributed by atoms with Gasteiger partial charge in [0.2, 0.25) is 0 Å². The molecular weight excluding hydrogens is 503 g/mol. The summed E-state index contributed by atoms with van der Waals surface area (Å²) in [5, 5.41) is 24.5. The monoisotopic (exact) mass is 532 g/mol. The van der Waals surface area contributed by atoms with E-state index in [-0.39, 0.29) is 46.4 Å². The van der Waals surface area contributed by atoms with Crippen molar-refractivity contribution in [1.29, 1.82) is 5.26 Å². The van der Waals surface area contributed by atoms with E-state index in [1.165, 1.54) is 28.9 Å². The van der Waals surface area contributed by atoms with Crippen molar-refractivity contribution in [2.75, 3.05) is 11.4 Å². The summed E-state index contributed by atoms with van der Waals surface area (Å²) in [5.41, 5.74) is 0.0527. The van der Waals surface area contributed by atoms with Gasteiger partial charge in [0.15, 0.2) is 5.82 Å². The lowest BCUT2D eigenvalue weighted by Crippen LogP contribution is -2.44. The Morgan fingerprint density at radius 2 is 2.00 bits per heavy atom. The molecule has 5 rings (SSSR count). The Hall–Kier alpha value is -4.30. The van der Waals surface area contributed by atoms with Crippen LogP contribution in [0.15, 0.2) is 36.5 Å². The lowest BCUT2D eigenvalue weighted by Gasteiger charge is -2.36. The first-order valence-corrected chi connectivity index (χ1v) is 12.8. The Morgan fingerprint density at radius 1 is 1.23 bits per heavy atom. The summed E-state index contributed by atoms with van der Waals surface area (Å²) >= 11 is 0. The minimum absolute atomic E-state index is 0.00706. The normalized spacial score (nSPS) is 19.2. The number of amides is 2. The second kappa shape index (κ2) is 9.78. The second-order valence-electron chi connectivity index (χ2n) is 10.8. The standard InChI is InChI=1S/C28H29FN6O4/c1-16-8-9-18(36)14-33(16)23-10-11-35(32-23)22-12-20(24-17(13-30)6-5-7-19(24)29)31-21-15-34(26(37)25(21)22)27(38)39-28(2,3)4/h5-7,10-12,16,18,36H,8-9,14-15H2,1-4H3/t16-,18-/m0/s1. The van der Waals surface area contributed by atoms with E-state index in [0.29, 0.717) is 18.8 Å². The first-order valence-electron chi connectivity index (χ1n) is 12.8. The molecule has 2 aliphatic rings. The van der Waals surface area contributed by atoms with Crippen molar-refractivity contribution in [2.45, 2.75) is 64.8 Å². The Bertz CT molecular complexity index is 1500. The summed E-state index contributed by atoms with van der Waals surface area (Å²) in [7, 11) is 0. The molecule has 1 aromatic carbocycles. The van der Waals surface area contributed by atoms with E-state index in [4.69, 9.17) is 4.74 Å². The number of imide groups is 1. The number of ether oxygens (including phenoxy) is 1. The molecule has 3 aromatic rings. The molecule has 10 nitrogen and oxygen atoms in total. The maximum atomic E-state index is 15.0. The Balaban J connectivity index is 1.64. The van der Waals surface area contributed by atoms with Crippen LogP contribution in [0, 0.1) is 17.1 Å². The molecule has 39 heavy (non-hydrogen) atoms. The third-order valence-corrected chi connectivity index (χ3v) is 6.82. The van der Waals surface area contributed by atoms with E-state index in [1.807, 2.05) is 11.0 Å². The van der Waals surface area contributed by atoms with E-state index in [1.54, 1.807) is 33.0 Å². The molecule has 1 saturated heterocycles. The van der Waals surface area contributed by atoms with Gasteiger partial charge in [0.25, 0.3) is 5.91 Å². The fourth-order valence-corrected chi connectivity index (χ4v) is 4.95. The number of pyridine rings is 1. The van der Waals surface area contributed by atoms with Gasteiger partial charge in [0.1, 0.15) is 11.4 Å². The summed E-state index contributed by atoms with van der Waals surface area (Å²) in [6, 6.07) is 9.58. The van der Waals surface area contributed by atoms with Crippen LogP contribution < -0.4 is 4.90 Å². The third-order valence-electron chi connectivity index (χ3n) is 6.82. The van der Waals surface area contributed by atoms with Crippen LogP contribution >= 0.6 is 0 Å². The van der Waals surface area contributed by atoms with Gasteiger partial charge in [0, 0.05) is 24.8 Å². The third kappa shape index (κ3) is 4.95. The van der Waals surface area contributed by atoms with Gasteiger partial charge in [0.05, 0.1) is 52.5 Å². The van der Waals surface area contributed by atoms with E-state index in [2.05, 4.69) is 17.0 Å². The molecule has 2 atom stereocenters. The number of piperidine rings is 1. The molecule has 11 heteroatoms. The largest absolute Gasteiger partial charge is 0.443 e. The summed E-state index contributed by atoms with van der Waals surface area (Å²) in [4.78, 5) is 33.9. The summed E-state index contributed by atoms with van der Waals surface area (Å²) in [6.45, 7) is 7.40. The van der Waals surface area contributed by atoms with Gasteiger partial charge in [-0.2, -0.15) is 10.4 Å². The maximum Gasteiger partial charge on any atom is 0.417 e. The van der Waals surface area contributed by atoms with Crippen molar-refractivity contribution in [3.8, 4) is 23.0 Å². The predicted molar refractivity (Wildman–Crippen MR) is 140 cm³/mol. The van der Waals surface area contributed by atoms with Crippen LogP contribution in [0.4, 0.5) is 15.0 Å². The first kappa shape index (κ1) is 26.3. The number of rotatable bonds is 3. The Morgan fingerprint density at radius 3 is 2.72 bits per heavy atom. The quantitative estimate of drug-likeness (QED) is 0.533. The molecule has 0 aliphatic carbocycles. The van der Waals surface area contributed by atoms with Crippen LogP contribution in [0.1, 0.15) is 62.2 Å². The van der Waals surface area contributed by atoms with Crippen molar-refractivity contribution >= 4 is 17.8 Å². The van der Waals surface area contributed by atoms with Crippen LogP contribution in [0.5, 0.6) is 0 Å². The minimum Gasteiger partial charge on any atom is -0.443 e. The number of hydrogen-bond acceptors (Lipinski definition) is 8. The fourth-order valence-electron chi connectivity index (χ4n) is 4.95. The van der Waals surface area contributed by atoms with Gasteiger partial charge in [-0.3, -0.25) is 4.79 Å². The zero-order valence-corrected chi connectivity index (χ0v) is 22.2. The zero-order chi connectivity index (χ0) is 28.1. The smallest absolute Gasteiger partial charge is 0.417 e. The Kier molecular flexibility index (Phi) is 6.60. The zero-order valence-electron chi connectivity index (χ0n) is 22.2. The number of aliphatic hydroxyl groups excluding tert-OH is 1. The number of anilines is 1. The number of aliphatic hydroxyl groups is 1. The molecule has 4 heterocycles. The van der Waals surface area contributed by atoms with Gasteiger partial charge in [-0.05, 0) is 58.7 Å². The van der Waals surface area contributed by atoms with Crippen LogP contribution in [-0.2, 0) is 11.3 Å². The molecule has 1 N–H and O–H groups in total. The van der Waals surface area contributed by atoms with Crippen LogP contribution in [0.25, 0.3) is 16.9 Å². The van der Waals surface area contributed by atoms with Gasteiger partial charge in [-0.25, -0.2) is 23.8 Å². The molecule has 0 radical (unpaired) electrons. The Labute approximate surface area is 225 Å². The number of carbonyl (C=O) groups is 2. The first-order chi connectivity index (χ1) is 18.5. The highest BCUT2D eigenvalue weighted by Crippen LogP contribution is 2.35. The van der Waals surface area contributed by atoms with Gasteiger partial charge in [-0.15, -0.1) is 0 Å². The maximum absolute atomic E-state index is 15.0. The van der Waals surface area contributed by atoms with Gasteiger partial charge >= 0.3 is 6.09 Å². The summed E-state index contributed by atoms with van der Waals surface area (Å²) < 4.78 is 21.9. The average Bonchev–Trinajstić information content (AvgIpc) is 3.49. The van der Waals surface area contributed by atoms with Crippen molar-refractivity contribution in [3.05, 3.63) is 59.2 Å². The number of carbonyl (C=O) groups excluding carboxylic acids is 2. The highest BCUT2D eigenvalue weighted by atomic mass is 19.1. The SMILES string of the molecule is C[C@H]1CC[C@H](O)CN1c1ccn(-c2cc(-c3c(F)cccc3C#N)nc3c2C(=O)N(C(=O)OC(C)(C)C)C3)n1. The lowest BCUT2D eigenvalue weighted by molar-refractivity contribution is 0.0247. The van der Waals surface area contributed by atoms with E-state index >= 15 is 4.39 Å². The summed E-state index contributed by atoms with van der Waals surface area (Å²) in [6.07, 6.45) is 1.88. The summed E-state index contributed by atoms with van der Waals surface area (Å²) in [5.74, 6) is -0.648. The number of benzene rings is 1. The molecule has 0 bridgehead atoms. The molecular formula is C28H29FN6O4. The van der Waals surface area contributed by atoms with Crippen molar-refractivity contribution in [2.24, 2.45) is 0 Å². The van der Waals surface area contributed by atoms with Crippen molar-refractivity contribution < 1.29 is 23.8 Å². The molecule has 202 valence electrons. The molecule has 0 spiro atoms. The number of aromatic nitrogens is 3. The highest BCUT2D eigenvalue weighted by Gasteiger charge is 2.39. The number of nitriles is 1. The van der Waals surface area contributed by atoms with Gasteiger partial charge < -0.3 is 14.7 Å². The molecule has 0 unspecified atom stereocenters.